The molecule has 2 aliphatic rings. The van der Waals surface area contributed by atoms with Gasteiger partial charge in [0.1, 0.15) is 0 Å². The van der Waals surface area contributed by atoms with Crippen LogP contribution >= 0.6 is 0 Å². The van der Waals surface area contributed by atoms with Crippen molar-refractivity contribution in [3.05, 3.63) is 108 Å². The fourth-order valence-corrected chi connectivity index (χ4v) is 4.64. The lowest BCUT2D eigenvalue weighted by atomic mass is 9.88. The van der Waals surface area contributed by atoms with Crippen LogP contribution in [0.4, 0.5) is 0 Å². The van der Waals surface area contributed by atoms with Crippen LogP contribution in [-0.4, -0.2) is 31.1 Å². The van der Waals surface area contributed by atoms with E-state index >= 15 is 0 Å². The highest BCUT2D eigenvalue weighted by Crippen LogP contribution is 2.31. The summed E-state index contributed by atoms with van der Waals surface area (Å²) >= 11 is 0. The Hall–Kier alpha value is -2.42. The Labute approximate surface area is 181 Å². The van der Waals surface area contributed by atoms with Gasteiger partial charge in [0.05, 0.1) is 13.2 Å². The molecule has 0 amide bonds. The number of benzene rings is 3. The Kier molecular flexibility index (Phi) is 7.71. The van der Waals surface area contributed by atoms with E-state index in [0.29, 0.717) is 5.92 Å². The molecule has 0 radical (unpaired) electrons. The molecule has 0 N–H and O–H groups in total. The number of hydrogen-bond acceptors (Lipinski definition) is 2. The van der Waals surface area contributed by atoms with Crippen LogP contribution in [0.3, 0.4) is 0 Å². The molecular weight excluding hydrogens is 366 g/mol. The zero-order valence-electron chi connectivity index (χ0n) is 17.8. The van der Waals surface area contributed by atoms with Crippen LogP contribution in [0.5, 0.6) is 0 Å². The van der Waals surface area contributed by atoms with E-state index in [-0.39, 0.29) is 0 Å². The van der Waals surface area contributed by atoms with Crippen molar-refractivity contribution in [2.75, 3.05) is 26.2 Å². The van der Waals surface area contributed by atoms with Crippen molar-refractivity contribution in [2.24, 2.45) is 0 Å². The maximum Gasteiger partial charge on any atom is 0.0719 e. The molecule has 1 saturated heterocycles. The molecule has 156 valence electrons. The summed E-state index contributed by atoms with van der Waals surface area (Å²) in [6.45, 7) is 5.33. The Morgan fingerprint density at radius 1 is 0.733 bits per heavy atom. The first-order valence-corrected chi connectivity index (χ1v) is 11.3. The van der Waals surface area contributed by atoms with E-state index in [0.717, 1.165) is 19.1 Å². The second-order valence-corrected chi connectivity index (χ2v) is 8.38. The highest BCUT2D eigenvalue weighted by atomic mass is 16.5. The molecule has 2 heterocycles. The zero-order chi connectivity index (χ0) is 20.4. The quantitative estimate of drug-likeness (QED) is 0.514. The Bertz CT molecular complexity index is 829. The Balaban J connectivity index is 0.000000313. The first-order chi connectivity index (χ1) is 14.9. The van der Waals surface area contributed by atoms with Crippen molar-refractivity contribution in [1.29, 1.82) is 0 Å². The minimum Gasteiger partial charge on any atom is -0.376 e. The van der Waals surface area contributed by atoms with Gasteiger partial charge in [-0.2, -0.15) is 0 Å². The van der Waals surface area contributed by atoms with Crippen molar-refractivity contribution in [3.63, 3.8) is 0 Å². The summed E-state index contributed by atoms with van der Waals surface area (Å²) in [5, 5.41) is 0. The Morgan fingerprint density at radius 2 is 1.33 bits per heavy atom. The zero-order valence-corrected chi connectivity index (χ0v) is 17.8. The van der Waals surface area contributed by atoms with E-state index in [9.17, 15) is 0 Å². The summed E-state index contributed by atoms with van der Waals surface area (Å²) in [6, 6.07) is 31.8. The highest BCUT2D eigenvalue weighted by molar-refractivity contribution is 5.31. The summed E-state index contributed by atoms with van der Waals surface area (Å²) in [6.07, 6.45) is 3.80. The Morgan fingerprint density at radius 3 is 2.03 bits per heavy atom. The lowest BCUT2D eigenvalue weighted by molar-refractivity contribution is 0.0836. The van der Waals surface area contributed by atoms with Gasteiger partial charge < -0.3 is 9.64 Å². The smallest absolute Gasteiger partial charge is 0.0719 e. The summed E-state index contributed by atoms with van der Waals surface area (Å²) in [5.74, 6) is 1.32. The molecule has 1 atom stereocenters. The molecule has 2 nitrogen and oxygen atoms in total. The molecule has 2 heteroatoms. The molecular formula is C28H33NO. The lowest BCUT2D eigenvalue weighted by Gasteiger charge is -2.34. The third kappa shape index (κ3) is 5.81. The van der Waals surface area contributed by atoms with Gasteiger partial charge in [0.15, 0.2) is 0 Å². The number of fused-ring (bicyclic) bond motifs is 1. The summed E-state index contributed by atoms with van der Waals surface area (Å²) < 4.78 is 5.80. The van der Waals surface area contributed by atoms with Gasteiger partial charge >= 0.3 is 0 Å². The van der Waals surface area contributed by atoms with Gasteiger partial charge in [0, 0.05) is 5.92 Å². The second kappa shape index (κ2) is 11.1. The van der Waals surface area contributed by atoms with Crippen LogP contribution in [-0.2, 0) is 11.3 Å². The SMILES string of the molecule is c1ccc(C2CCN(CC[C@H]3COCc4ccccc43)CC2)cc1.c1ccccc1. The number of rotatable bonds is 4. The first-order valence-electron chi connectivity index (χ1n) is 11.3. The minimum absolute atomic E-state index is 0.571. The molecule has 5 rings (SSSR count). The van der Waals surface area contributed by atoms with Crippen molar-refractivity contribution >= 4 is 0 Å². The summed E-state index contributed by atoms with van der Waals surface area (Å²) in [4.78, 5) is 2.65. The minimum atomic E-state index is 0.571. The van der Waals surface area contributed by atoms with Crippen LogP contribution in [0.15, 0.2) is 91.0 Å². The van der Waals surface area contributed by atoms with Crippen molar-refractivity contribution in [1.82, 2.24) is 4.90 Å². The lowest BCUT2D eigenvalue weighted by Crippen LogP contribution is -2.35. The van der Waals surface area contributed by atoms with Crippen molar-refractivity contribution in [2.45, 2.75) is 37.7 Å². The molecule has 0 unspecified atom stereocenters. The molecule has 30 heavy (non-hydrogen) atoms. The fourth-order valence-electron chi connectivity index (χ4n) is 4.64. The van der Waals surface area contributed by atoms with Crippen LogP contribution in [0.25, 0.3) is 0 Å². The maximum atomic E-state index is 5.80. The molecule has 0 bridgehead atoms. The number of likely N-dealkylation sites (tertiary alicyclic amines) is 1. The third-order valence-electron chi connectivity index (χ3n) is 6.39. The molecule has 0 spiro atoms. The molecule has 3 aromatic carbocycles. The molecule has 0 aromatic heterocycles. The van der Waals surface area contributed by atoms with Crippen LogP contribution in [0.1, 0.15) is 47.8 Å². The molecule has 3 aromatic rings. The standard InChI is InChI=1S/C22H27NO.C6H6/c1-2-6-18(7-3-1)19-10-13-23(14-11-19)15-12-21-17-24-16-20-8-4-5-9-22(20)21;1-2-4-6-5-3-1/h1-9,19,21H,10-17H2;1-6H/t21-;/m0./s1. The molecule has 2 aliphatic heterocycles. The van der Waals surface area contributed by atoms with E-state index < -0.39 is 0 Å². The number of hydrogen-bond donors (Lipinski definition) is 0. The van der Waals surface area contributed by atoms with E-state index in [1.165, 1.54) is 55.6 Å². The van der Waals surface area contributed by atoms with E-state index in [2.05, 4.69) is 59.5 Å². The van der Waals surface area contributed by atoms with Crippen LogP contribution in [0, 0.1) is 0 Å². The topological polar surface area (TPSA) is 12.5 Å². The van der Waals surface area contributed by atoms with E-state index in [1.54, 1.807) is 0 Å². The molecule has 0 saturated carbocycles. The van der Waals surface area contributed by atoms with Crippen molar-refractivity contribution in [3.8, 4) is 0 Å². The maximum absolute atomic E-state index is 5.80. The van der Waals surface area contributed by atoms with Crippen LogP contribution < -0.4 is 0 Å². The molecule has 1 fully saturated rings. The van der Waals surface area contributed by atoms with E-state index in [4.69, 9.17) is 4.74 Å². The van der Waals surface area contributed by atoms with Gasteiger partial charge in [0.25, 0.3) is 0 Å². The summed E-state index contributed by atoms with van der Waals surface area (Å²) in [7, 11) is 0. The molecule has 0 aliphatic carbocycles. The van der Waals surface area contributed by atoms with Crippen LogP contribution in [0.2, 0.25) is 0 Å². The average Bonchev–Trinajstić information content (AvgIpc) is 2.85. The number of nitrogens with zero attached hydrogens (tertiary/aromatic N) is 1. The van der Waals surface area contributed by atoms with E-state index in [1.807, 2.05) is 36.4 Å². The average molecular weight is 400 g/mol. The normalized spacial score (nSPS) is 19.4. The first kappa shape index (κ1) is 20.8. The van der Waals surface area contributed by atoms with Gasteiger partial charge in [-0.15, -0.1) is 0 Å². The second-order valence-electron chi connectivity index (χ2n) is 8.38. The number of ether oxygens (including phenoxy) is 1. The highest BCUT2D eigenvalue weighted by Gasteiger charge is 2.24. The third-order valence-corrected chi connectivity index (χ3v) is 6.39. The summed E-state index contributed by atoms with van der Waals surface area (Å²) in [5.41, 5.74) is 4.42. The largest absolute Gasteiger partial charge is 0.376 e. The van der Waals surface area contributed by atoms with Gasteiger partial charge in [-0.05, 0) is 61.5 Å². The van der Waals surface area contributed by atoms with Crippen molar-refractivity contribution < 1.29 is 4.74 Å². The predicted molar refractivity (Wildman–Crippen MR) is 125 cm³/mol. The van der Waals surface area contributed by atoms with Gasteiger partial charge in [0.2, 0.25) is 0 Å². The monoisotopic (exact) mass is 399 g/mol. The fraction of sp³-hybridized carbons (Fsp3) is 0.357. The van der Waals surface area contributed by atoms with Gasteiger partial charge in [-0.25, -0.2) is 0 Å². The van der Waals surface area contributed by atoms with Gasteiger partial charge in [-0.1, -0.05) is 91.0 Å². The predicted octanol–water partition coefficient (Wildman–Crippen LogP) is 6.26. The van der Waals surface area contributed by atoms with Gasteiger partial charge in [-0.3, -0.25) is 0 Å². The number of piperidine rings is 1.